The number of furan rings is 1. The summed E-state index contributed by atoms with van der Waals surface area (Å²) in [6.45, 7) is 0. The smallest absolute Gasteiger partial charge is 0.152 e. The highest BCUT2D eigenvalue weighted by Crippen LogP contribution is 2.32. The van der Waals surface area contributed by atoms with Crippen molar-refractivity contribution < 1.29 is 4.42 Å². The van der Waals surface area contributed by atoms with E-state index >= 15 is 0 Å². The lowest BCUT2D eigenvalue weighted by Crippen LogP contribution is -2.03. The molecule has 4 heterocycles. The van der Waals surface area contributed by atoms with Gasteiger partial charge in [-0.2, -0.15) is 5.26 Å². The Hall–Kier alpha value is -3.85. The Balaban J connectivity index is 1.95. The van der Waals surface area contributed by atoms with E-state index in [1.807, 2.05) is 47.2 Å². The van der Waals surface area contributed by atoms with E-state index in [-0.39, 0.29) is 5.82 Å². The minimum Gasteiger partial charge on any atom is -0.463 e. The molecule has 0 fully saturated rings. The van der Waals surface area contributed by atoms with Gasteiger partial charge in [-0.1, -0.05) is 6.07 Å². The van der Waals surface area contributed by atoms with Gasteiger partial charge in [0.2, 0.25) is 0 Å². The van der Waals surface area contributed by atoms with Crippen molar-refractivity contribution in [3.8, 4) is 34.6 Å². The van der Waals surface area contributed by atoms with Crippen LogP contribution in [0.1, 0.15) is 5.56 Å². The van der Waals surface area contributed by atoms with Crippen LogP contribution in [0.25, 0.3) is 28.5 Å². The maximum Gasteiger partial charge on any atom is 0.152 e. The molecule has 0 aliphatic carbocycles. The monoisotopic (exact) mass is 327 g/mol. The first-order valence-electron chi connectivity index (χ1n) is 7.61. The average molecular weight is 327 g/mol. The third-order valence-corrected chi connectivity index (χ3v) is 3.85. The molecule has 0 spiro atoms. The summed E-state index contributed by atoms with van der Waals surface area (Å²) >= 11 is 0. The summed E-state index contributed by atoms with van der Waals surface area (Å²) in [5.41, 5.74) is 8.41. The van der Waals surface area contributed by atoms with E-state index in [0.717, 1.165) is 11.5 Å². The van der Waals surface area contributed by atoms with Gasteiger partial charge in [0.05, 0.1) is 12.0 Å². The molecule has 120 valence electrons. The number of nitrogens with two attached hydrogens (primary N) is 1. The summed E-state index contributed by atoms with van der Waals surface area (Å²) in [6, 6.07) is 17.0. The normalized spacial score (nSPS) is 10.5. The second kappa shape index (κ2) is 5.98. The van der Waals surface area contributed by atoms with Crippen LogP contribution in [-0.4, -0.2) is 14.5 Å². The Morgan fingerprint density at radius 1 is 1.12 bits per heavy atom. The molecule has 0 radical (unpaired) electrons. The van der Waals surface area contributed by atoms with Crippen molar-refractivity contribution in [2.45, 2.75) is 0 Å². The average Bonchev–Trinajstić information content (AvgIpc) is 3.33. The van der Waals surface area contributed by atoms with Gasteiger partial charge in [-0.25, -0.2) is 9.97 Å². The molecule has 0 amide bonds. The quantitative estimate of drug-likeness (QED) is 0.620. The topological polar surface area (TPSA) is 93.7 Å². The maximum absolute atomic E-state index is 9.56. The minimum atomic E-state index is 0.167. The van der Waals surface area contributed by atoms with Crippen molar-refractivity contribution in [2.75, 3.05) is 5.73 Å². The second-order valence-corrected chi connectivity index (χ2v) is 5.36. The molecule has 0 aliphatic rings. The summed E-state index contributed by atoms with van der Waals surface area (Å²) < 4.78 is 7.32. The molecule has 4 aromatic rings. The van der Waals surface area contributed by atoms with E-state index in [0.29, 0.717) is 22.6 Å². The number of nitrogen functional groups attached to an aromatic ring is 1. The number of aromatic nitrogens is 3. The van der Waals surface area contributed by atoms with Gasteiger partial charge in [0.25, 0.3) is 0 Å². The van der Waals surface area contributed by atoms with Crippen LogP contribution in [0.3, 0.4) is 0 Å². The summed E-state index contributed by atoms with van der Waals surface area (Å²) in [5, 5.41) is 9.56. The number of hydrogen-bond acceptors (Lipinski definition) is 5. The fraction of sp³-hybridized carbons (Fsp3) is 0. The fourth-order valence-electron chi connectivity index (χ4n) is 2.73. The van der Waals surface area contributed by atoms with Crippen molar-refractivity contribution >= 4 is 5.82 Å². The summed E-state index contributed by atoms with van der Waals surface area (Å²) in [6.07, 6.45) is 5.18. The number of pyridine rings is 2. The van der Waals surface area contributed by atoms with Gasteiger partial charge in [-0.15, -0.1) is 0 Å². The van der Waals surface area contributed by atoms with E-state index in [2.05, 4.69) is 16.0 Å². The van der Waals surface area contributed by atoms with Crippen LogP contribution in [-0.2, 0) is 0 Å². The summed E-state index contributed by atoms with van der Waals surface area (Å²) in [5.74, 6) is 1.51. The predicted molar refractivity (Wildman–Crippen MR) is 93.6 cm³/mol. The lowest BCUT2D eigenvalue weighted by Gasteiger charge is -2.12. The molecular weight excluding hydrogens is 314 g/mol. The van der Waals surface area contributed by atoms with E-state index in [1.165, 1.54) is 0 Å². The molecule has 0 atom stereocenters. The van der Waals surface area contributed by atoms with Crippen molar-refractivity contribution in [1.29, 1.82) is 5.26 Å². The summed E-state index contributed by atoms with van der Waals surface area (Å²) in [4.78, 5) is 8.67. The first-order valence-corrected chi connectivity index (χ1v) is 7.61. The number of nitriles is 1. The Labute approximate surface area is 143 Å². The summed E-state index contributed by atoms with van der Waals surface area (Å²) in [7, 11) is 0. The standard InChI is InChI=1S/C19H13N5O/c20-12-14-13(11-15(23-19(14)21)17-6-4-10-25-17)16-5-3-9-24(16)18-7-1-2-8-22-18/h1-11H,(H2,21,23). The number of hydrogen-bond donors (Lipinski definition) is 1. The number of rotatable bonds is 3. The number of anilines is 1. The molecule has 6 nitrogen and oxygen atoms in total. The van der Waals surface area contributed by atoms with Gasteiger partial charge in [0.15, 0.2) is 5.76 Å². The van der Waals surface area contributed by atoms with Crippen LogP contribution in [0.5, 0.6) is 0 Å². The van der Waals surface area contributed by atoms with Crippen LogP contribution in [0.4, 0.5) is 5.82 Å². The van der Waals surface area contributed by atoms with E-state index < -0.39 is 0 Å². The maximum atomic E-state index is 9.56. The largest absolute Gasteiger partial charge is 0.463 e. The lowest BCUT2D eigenvalue weighted by molar-refractivity contribution is 0.580. The molecular formula is C19H13N5O. The molecule has 25 heavy (non-hydrogen) atoms. The zero-order valence-corrected chi connectivity index (χ0v) is 13.1. The van der Waals surface area contributed by atoms with Gasteiger partial charge < -0.3 is 14.7 Å². The van der Waals surface area contributed by atoms with Crippen molar-refractivity contribution in [3.63, 3.8) is 0 Å². The molecule has 2 N–H and O–H groups in total. The van der Waals surface area contributed by atoms with Gasteiger partial charge >= 0.3 is 0 Å². The third-order valence-electron chi connectivity index (χ3n) is 3.85. The van der Waals surface area contributed by atoms with E-state index in [4.69, 9.17) is 10.2 Å². The molecule has 4 aromatic heterocycles. The van der Waals surface area contributed by atoms with E-state index in [1.54, 1.807) is 24.6 Å². The van der Waals surface area contributed by atoms with Crippen molar-refractivity contribution in [3.05, 3.63) is 72.8 Å². The molecule has 6 heteroatoms. The molecule has 0 saturated carbocycles. The molecule has 0 aromatic carbocycles. The Morgan fingerprint density at radius 2 is 2.04 bits per heavy atom. The predicted octanol–water partition coefficient (Wildman–Crippen LogP) is 3.65. The highest BCUT2D eigenvalue weighted by Gasteiger charge is 2.17. The highest BCUT2D eigenvalue weighted by molar-refractivity contribution is 5.78. The number of nitrogens with zero attached hydrogens (tertiary/aromatic N) is 4. The Morgan fingerprint density at radius 3 is 2.76 bits per heavy atom. The highest BCUT2D eigenvalue weighted by atomic mass is 16.3. The fourth-order valence-corrected chi connectivity index (χ4v) is 2.73. The van der Waals surface area contributed by atoms with Gasteiger partial charge in [0, 0.05) is 18.0 Å². The van der Waals surface area contributed by atoms with Gasteiger partial charge in [0.1, 0.15) is 29.0 Å². The van der Waals surface area contributed by atoms with E-state index in [9.17, 15) is 5.26 Å². The zero-order chi connectivity index (χ0) is 17.2. The molecule has 0 bridgehead atoms. The van der Waals surface area contributed by atoms with Crippen LogP contribution >= 0.6 is 0 Å². The molecule has 0 aliphatic heterocycles. The molecule has 0 saturated heterocycles. The van der Waals surface area contributed by atoms with Crippen molar-refractivity contribution in [2.24, 2.45) is 0 Å². The first-order chi connectivity index (χ1) is 12.3. The van der Waals surface area contributed by atoms with Crippen molar-refractivity contribution in [1.82, 2.24) is 14.5 Å². The molecule has 0 unspecified atom stereocenters. The lowest BCUT2D eigenvalue weighted by atomic mass is 10.0. The Bertz CT molecular complexity index is 1060. The van der Waals surface area contributed by atoms with Gasteiger partial charge in [-0.05, 0) is 42.5 Å². The van der Waals surface area contributed by atoms with Crippen LogP contribution < -0.4 is 5.73 Å². The first kappa shape index (κ1) is 14.7. The van der Waals surface area contributed by atoms with Crippen LogP contribution in [0.15, 0.2) is 71.6 Å². The SMILES string of the molecule is N#Cc1c(-c2cccn2-c2ccccn2)cc(-c2ccco2)nc1N. The minimum absolute atomic E-state index is 0.167. The second-order valence-electron chi connectivity index (χ2n) is 5.36. The van der Waals surface area contributed by atoms with Crippen LogP contribution in [0, 0.1) is 11.3 Å². The van der Waals surface area contributed by atoms with Crippen LogP contribution in [0.2, 0.25) is 0 Å². The third kappa shape index (κ3) is 2.54. The molecule has 4 rings (SSSR count). The van der Waals surface area contributed by atoms with Gasteiger partial charge in [-0.3, -0.25) is 0 Å². The Kier molecular flexibility index (Phi) is 3.52. The zero-order valence-electron chi connectivity index (χ0n) is 13.1.